The first-order valence-corrected chi connectivity index (χ1v) is 6.29. The van der Waals surface area contributed by atoms with Crippen LogP contribution in [-0.2, 0) is 0 Å². The summed E-state index contributed by atoms with van der Waals surface area (Å²) in [7, 11) is 0. The topological polar surface area (TPSA) is 49.3 Å². The Bertz CT molecular complexity index is 564. The number of carbonyl (C=O) groups is 1. The van der Waals surface area contributed by atoms with Crippen molar-refractivity contribution >= 4 is 17.5 Å². The minimum atomic E-state index is -0.155. The lowest BCUT2D eigenvalue weighted by Crippen LogP contribution is -2.26. The van der Waals surface area contributed by atoms with Gasteiger partial charge in [-0.15, -0.1) is 0 Å². The van der Waals surface area contributed by atoms with Crippen LogP contribution in [0.5, 0.6) is 5.75 Å². The molecule has 4 heteroatoms. The van der Waals surface area contributed by atoms with Crippen LogP contribution in [0.4, 0.5) is 0 Å². The van der Waals surface area contributed by atoms with Crippen LogP contribution in [0.2, 0.25) is 5.02 Å². The first kappa shape index (κ1) is 13.4. The molecule has 3 nitrogen and oxygen atoms in total. The largest absolute Gasteiger partial charge is 0.508 e. The Morgan fingerprint density at radius 3 is 2.26 bits per heavy atom. The van der Waals surface area contributed by atoms with Gasteiger partial charge in [-0.3, -0.25) is 4.79 Å². The molecule has 2 aromatic carbocycles. The normalized spacial score (nSPS) is 11.9. The summed E-state index contributed by atoms with van der Waals surface area (Å²) in [6.45, 7) is 1.89. The van der Waals surface area contributed by atoms with E-state index in [9.17, 15) is 9.90 Å². The standard InChI is InChI=1S/C15H14ClNO2/c1-10(11-4-8-14(18)9-5-11)17-15(19)12-2-6-13(16)7-3-12/h2-10,18H,1H3,(H,17,19)/t10-/m0/s1. The number of nitrogens with one attached hydrogen (secondary N) is 1. The molecule has 0 aliphatic heterocycles. The number of phenolic OH excluding ortho intramolecular Hbond substituents is 1. The van der Waals surface area contributed by atoms with Crippen LogP contribution < -0.4 is 5.32 Å². The lowest BCUT2D eigenvalue weighted by Gasteiger charge is -2.14. The molecule has 2 N–H and O–H groups in total. The molecule has 0 heterocycles. The fraction of sp³-hybridized carbons (Fsp3) is 0.133. The minimum Gasteiger partial charge on any atom is -0.508 e. The third-order valence-corrected chi connectivity index (χ3v) is 3.10. The number of benzene rings is 2. The van der Waals surface area contributed by atoms with Crippen molar-refractivity contribution in [2.24, 2.45) is 0 Å². The van der Waals surface area contributed by atoms with Crippen molar-refractivity contribution in [1.29, 1.82) is 0 Å². The summed E-state index contributed by atoms with van der Waals surface area (Å²) >= 11 is 5.78. The highest BCUT2D eigenvalue weighted by atomic mass is 35.5. The van der Waals surface area contributed by atoms with Gasteiger partial charge in [0.1, 0.15) is 5.75 Å². The molecule has 0 spiro atoms. The Kier molecular flexibility index (Phi) is 4.07. The Balaban J connectivity index is 2.06. The summed E-state index contributed by atoms with van der Waals surface area (Å²) in [5.41, 5.74) is 1.50. The van der Waals surface area contributed by atoms with E-state index in [2.05, 4.69) is 5.32 Å². The van der Waals surface area contributed by atoms with E-state index < -0.39 is 0 Å². The maximum Gasteiger partial charge on any atom is 0.251 e. The summed E-state index contributed by atoms with van der Waals surface area (Å²) in [6.07, 6.45) is 0. The predicted octanol–water partition coefficient (Wildman–Crippen LogP) is 3.54. The van der Waals surface area contributed by atoms with Gasteiger partial charge in [0.2, 0.25) is 0 Å². The summed E-state index contributed by atoms with van der Waals surface area (Å²) in [4.78, 5) is 12.0. The fourth-order valence-electron chi connectivity index (χ4n) is 1.73. The van der Waals surface area contributed by atoms with Crippen molar-refractivity contribution in [1.82, 2.24) is 5.32 Å². The highest BCUT2D eigenvalue weighted by Crippen LogP contribution is 2.17. The molecule has 98 valence electrons. The maximum atomic E-state index is 12.0. The summed E-state index contributed by atoms with van der Waals surface area (Å²) in [6, 6.07) is 13.3. The van der Waals surface area contributed by atoms with Gasteiger partial charge >= 0.3 is 0 Å². The van der Waals surface area contributed by atoms with Gasteiger partial charge in [-0.25, -0.2) is 0 Å². The monoisotopic (exact) mass is 275 g/mol. The SMILES string of the molecule is C[C@H](NC(=O)c1ccc(Cl)cc1)c1ccc(O)cc1. The van der Waals surface area contributed by atoms with Gasteiger partial charge in [-0.1, -0.05) is 23.7 Å². The number of hydrogen-bond acceptors (Lipinski definition) is 2. The number of carbonyl (C=O) groups excluding carboxylic acids is 1. The van der Waals surface area contributed by atoms with Crippen LogP contribution in [0.3, 0.4) is 0 Å². The zero-order chi connectivity index (χ0) is 13.8. The van der Waals surface area contributed by atoms with E-state index in [0.717, 1.165) is 5.56 Å². The Morgan fingerprint density at radius 2 is 1.68 bits per heavy atom. The number of phenols is 1. The van der Waals surface area contributed by atoms with Crippen LogP contribution >= 0.6 is 11.6 Å². The third kappa shape index (κ3) is 3.48. The molecule has 19 heavy (non-hydrogen) atoms. The number of rotatable bonds is 3. The summed E-state index contributed by atoms with van der Waals surface area (Å²) in [5, 5.41) is 12.7. The van der Waals surface area contributed by atoms with Crippen LogP contribution in [0.25, 0.3) is 0 Å². The van der Waals surface area contributed by atoms with Crippen LogP contribution in [0.1, 0.15) is 28.9 Å². The van der Waals surface area contributed by atoms with Gasteiger partial charge in [0.05, 0.1) is 6.04 Å². The molecule has 0 saturated carbocycles. The molecule has 1 atom stereocenters. The third-order valence-electron chi connectivity index (χ3n) is 2.85. The molecule has 0 aliphatic rings. The average Bonchev–Trinajstić information content (AvgIpc) is 2.40. The molecule has 2 aromatic rings. The van der Waals surface area contributed by atoms with Crippen LogP contribution in [0, 0.1) is 0 Å². The van der Waals surface area contributed by atoms with E-state index in [-0.39, 0.29) is 17.7 Å². The second-order valence-corrected chi connectivity index (χ2v) is 4.73. The van der Waals surface area contributed by atoms with Gasteiger partial charge in [0.15, 0.2) is 0 Å². The van der Waals surface area contributed by atoms with Crippen LogP contribution in [0.15, 0.2) is 48.5 Å². The second kappa shape index (κ2) is 5.76. The molecular formula is C15H14ClNO2. The van der Waals surface area contributed by atoms with E-state index in [1.807, 2.05) is 6.92 Å². The lowest BCUT2D eigenvalue weighted by molar-refractivity contribution is 0.0940. The van der Waals surface area contributed by atoms with Crippen molar-refractivity contribution in [2.75, 3.05) is 0 Å². The van der Waals surface area contributed by atoms with Crippen molar-refractivity contribution in [3.63, 3.8) is 0 Å². The molecule has 0 radical (unpaired) electrons. The van der Waals surface area contributed by atoms with Crippen molar-refractivity contribution in [3.05, 3.63) is 64.7 Å². The quantitative estimate of drug-likeness (QED) is 0.900. The molecule has 2 rings (SSSR count). The lowest BCUT2D eigenvalue weighted by atomic mass is 10.1. The zero-order valence-electron chi connectivity index (χ0n) is 10.4. The van der Waals surface area contributed by atoms with E-state index in [4.69, 9.17) is 11.6 Å². The number of hydrogen-bond donors (Lipinski definition) is 2. The Labute approximate surface area is 116 Å². The summed E-state index contributed by atoms with van der Waals surface area (Å²) < 4.78 is 0. The van der Waals surface area contributed by atoms with Crippen molar-refractivity contribution in [2.45, 2.75) is 13.0 Å². The van der Waals surface area contributed by atoms with Gasteiger partial charge in [-0.05, 0) is 48.9 Å². The smallest absolute Gasteiger partial charge is 0.251 e. The average molecular weight is 276 g/mol. The predicted molar refractivity (Wildman–Crippen MR) is 75.4 cm³/mol. The minimum absolute atomic E-state index is 0.135. The van der Waals surface area contributed by atoms with E-state index in [1.165, 1.54) is 0 Å². The van der Waals surface area contributed by atoms with Gasteiger partial charge < -0.3 is 10.4 Å². The zero-order valence-corrected chi connectivity index (χ0v) is 11.2. The molecule has 0 aliphatic carbocycles. The van der Waals surface area contributed by atoms with Crippen molar-refractivity contribution < 1.29 is 9.90 Å². The van der Waals surface area contributed by atoms with Gasteiger partial charge in [0, 0.05) is 10.6 Å². The maximum absolute atomic E-state index is 12.0. The van der Waals surface area contributed by atoms with Crippen molar-refractivity contribution in [3.8, 4) is 5.75 Å². The molecule has 0 saturated heterocycles. The van der Waals surface area contributed by atoms with Crippen LogP contribution in [-0.4, -0.2) is 11.0 Å². The molecule has 1 amide bonds. The second-order valence-electron chi connectivity index (χ2n) is 4.29. The van der Waals surface area contributed by atoms with E-state index >= 15 is 0 Å². The number of aromatic hydroxyl groups is 1. The van der Waals surface area contributed by atoms with E-state index in [1.54, 1.807) is 48.5 Å². The molecule has 0 aromatic heterocycles. The first-order chi connectivity index (χ1) is 9.06. The van der Waals surface area contributed by atoms with Gasteiger partial charge in [-0.2, -0.15) is 0 Å². The summed E-state index contributed by atoms with van der Waals surface area (Å²) in [5.74, 6) is 0.0530. The number of amides is 1. The fourth-order valence-corrected chi connectivity index (χ4v) is 1.85. The highest BCUT2D eigenvalue weighted by molar-refractivity contribution is 6.30. The number of halogens is 1. The molecule has 0 bridgehead atoms. The van der Waals surface area contributed by atoms with E-state index in [0.29, 0.717) is 10.6 Å². The van der Waals surface area contributed by atoms with Gasteiger partial charge in [0.25, 0.3) is 5.91 Å². The first-order valence-electron chi connectivity index (χ1n) is 5.91. The Morgan fingerprint density at radius 1 is 1.11 bits per heavy atom. The molecular weight excluding hydrogens is 262 g/mol. The molecule has 0 fully saturated rings. The highest BCUT2D eigenvalue weighted by Gasteiger charge is 2.11. The molecule has 0 unspecified atom stereocenters. The Hall–Kier alpha value is -2.00.